The zero-order chi connectivity index (χ0) is 32.8. The van der Waals surface area contributed by atoms with Crippen LogP contribution in [0.2, 0.25) is 0 Å². The minimum atomic E-state index is -4.74. The molecular weight excluding hydrogens is 611 g/mol. The molecule has 0 spiro atoms. The van der Waals surface area contributed by atoms with Crippen LogP contribution in [0.4, 0.5) is 18.9 Å². The third kappa shape index (κ3) is 8.57. The number of alkyl halides is 3. The van der Waals surface area contributed by atoms with Gasteiger partial charge in [0, 0.05) is 30.0 Å². The first-order chi connectivity index (χ1) is 22.0. The second kappa shape index (κ2) is 14.5. The number of carbonyl (C=O) groups is 1. The molecule has 0 N–H and O–H groups in total. The molecular formula is C35H38F3N5O2S. The lowest BCUT2D eigenvalue weighted by molar-refractivity contribution is -0.274. The van der Waals surface area contributed by atoms with Crippen LogP contribution in [0.25, 0.3) is 17.1 Å². The van der Waals surface area contributed by atoms with Gasteiger partial charge in [-0.3, -0.25) is 4.79 Å². The fourth-order valence-electron chi connectivity index (χ4n) is 5.67. The molecule has 11 heteroatoms. The molecule has 242 valence electrons. The van der Waals surface area contributed by atoms with Crippen molar-refractivity contribution >= 4 is 28.5 Å². The zero-order valence-electron chi connectivity index (χ0n) is 26.4. The van der Waals surface area contributed by atoms with E-state index in [0.29, 0.717) is 23.9 Å². The van der Waals surface area contributed by atoms with Gasteiger partial charge in [-0.2, -0.15) is 4.99 Å². The van der Waals surface area contributed by atoms with Crippen LogP contribution in [0.1, 0.15) is 62.6 Å². The zero-order valence-corrected chi connectivity index (χ0v) is 27.2. The van der Waals surface area contributed by atoms with Crippen molar-refractivity contribution in [2.75, 3.05) is 17.2 Å². The van der Waals surface area contributed by atoms with E-state index in [2.05, 4.69) is 70.6 Å². The predicted octanol–water partition coefficient (Wildman–Crippen LogP) is 8.75. The maximum absolute atomic E-state index is 13.0. The van der Waals surface area contributed by atoms with Gasteiger partial charge in [-0.25, -0.2) is 9.67 Å². The van der Waals surface area contributed by atoms with Crippen molar-refractivity contribution in [3.05, 3.63) is 89.7 Å². The maximum Gasteiger partial charge on any atom is 0.573 e. The van der Waals surface area contributed by atoms with Crippen molar-refractivity contribution < 1.29 is 22.7 Å². The van der Waals surface area contributed by atoms with Gasteiger partial charge in [-0.05, 0) is 85.0 Å². The third-order valence-corrected chi connectivity index (χ3v) is 8.91. The topological polar surface area (TPSA) is 72.6 Å². The number of aromatic nitrogens is 3. The summed E-state index contributed by atoms with van der Waals surface area (Å²) in [5.74, 6) is 1.74. The highest BCUT2D eigenvalue weighted by Gasteiger charge is 2.31. The molecule has 3 aromatic carbocycles. The number of carbonyl (C=O) groups excluding carboxylic acids is 1. The molecule has 0 radical (unpaired) electrons. The molecule has 0 aliphatic carbocycles. The molecule has 1 aliphatic heterocycles. The standard InChI is InChI=1S/C35H38F3N5O2S/c1-23(2)32-25(4)7-5-8-30(32)42-19-6-20-46-34(42)40-31(44)18-9-24(3)21-26-10-12-27(13-11-26)33-39-22-43(41-33)28-14-16-29(17-15-28)45-35(36,37)38/h5,7-8,10-17,22-24H,6,9,18-21H2,1-4H3. The van der Waals surface area contributed by atoms with Gasteiger partial charge >= 0.3 is 6.36 Å². The van der Waals surface area contributed by atoms with Crippen molar-refractivity contribution in [2.24, 2.45) is 10.9 Å². The molecule has 7 nitrogen and oxygen atoms in total. The van der Waals surface area contributed by atoms with Gasteiger partial charge in [0.15, 0.2) is 11.0 Å². The second-order valence-corrected chi connectivity index (χ2v) is 13.0. The summed E-state index contributed by atoms with van der Waals surface area (Å²) in [5.41, 5.74) is 6.24. The van der Waals surface area contributed by atoms with Crippen LogP contribution < -0.4 is 9.64 Å². The summed E-state index contributed by atoms with van der Waals surface area (Å²) in [6.07, 6.45) is -0.222. The molecule has 1 saturated heterocycles. The Morgan fingerprint density at radius 3 is 2.48 bits per heavy atom. The Labute approximate surface area is 271 Å². The van der Waals surface area contributed by atoms with Gasteiger partial charge in [0.1, 0.15) is 12.1 Å². The molecule has 1 amide bonds. The number of thioether (sulfide) groups is 1. The van der Waals surface area contributed by atoms with E-state index in [-0.39, 0.29) is 17.6 Å². The van der Waals surface area contributed by atoms with E-state index >= 15 is 0 Å². The van der Waals surface area contributed by atoms with Crippen LogP contribution in [0.5, 0.6) is 5.75 Å². The van der Waals surface area contributed by atoms with Crippen molar-refractivity contribution in [3.8, 4) is 22.8 Å². The van der Waals surface area contributed by atoms with Crippen LogP contribution in [-0.4, -0.2) is 44.5 Å². The monoisotopic (exact) mass is 649 g/mol. The summed E-state index contributed by atoms with van der Waals surface area (Å²) in [6.45, 7) is 9.56. The summed E-state index contributed by atoms with van der Waals surface area (Å²) < 4.78 is 42.7. The molecule has 0 saturated carbocycles. The van der Waals surface area contributed by atoms with Crippen molar-refractivity contribution in [3.63, 3.8) is 0 Å². The number of amidine groups is 1. The Balaban J connectivity index is 1.16. The fraction of sp³-hybridized carbons (Fsp3) is 0.371. The highest BCUT2D eigenvalue weighted by atomic mass is 32.2. The van der Waals surface area contributed by atoms with Gasteiger partial charge in [-0.15, -0.1) is 18.3 Å². The first-order valence-electron chi connectivity index (χ1n) is 15.5. The van der Waals surface area contributed by atoms with Gasteiger partial charge in [-0.1, -0.05) is 68.9 Å². The van der Waals surface area contributed by atoms with Crippen molar-refractivity contribution in [1.29, 1.82) is 0 Å². The maximum atomic E-state index is 13.0. The van der Waals surface area contributed by atoms with E-state index in [4.69, 9.17) is 0 Å². The summed E-state index contributed by atoms with van der Waals surface area (Å²) in [7, 11) is 0. The number of amides is 1. The Kier molecular flexibility index (Phi) is 10.5. The Bertz CT molecular complexity index is 1670. The SMILES string of the molecule is Cc1cccc(N2CCCSC2=NC(=O)CCC(C)Cc2ccc(-c3ncn(-c4ccc(OC(F)(F)F)cc4)n3)cc2)c1C(C)C. The quantitative estimate of drug-likeness (QED) is 0.171. The number of ether oxygens (including phenoxy) is 1. The van der Waals surface area contributed by atoms with E-state index in [1.807, 2.05) is 24.3 Å². The Morgan fingerprint density at radius 2 is 1.78 bits per heavy atom. The molecule has 1 aromatic heterocycles. The van der Waals surface area contributed by atoms with E-state index in [1.165, 1.54) is 46.4 Å². The van der Waals surface area contributed by atoms with Crippen LogP contribution in [0.15, 0.2) is 78.0 Å². The molecule has 5 rings (SSSR count). The average molecular weight is 650 g/mol. The molecule has 46 heavy (non-hydrogen) atoms. The number of benzene rings is 3. The van der Waals surface area contributed by atoms with Crippen LogP contribution in [0.3, 0.4) is 0 Å². The summed E-state index contributed by atoms with van der Waals surface area (Å²) in [4.78, 5) is 24.2. The lowest BCUT2D eigenvalue weighted by atomic mass is 9.95. The minimum Gasteiger partial charge on any atom is -0.406 e. The van der Waals surface area contributed by atoms with Crippen LogP contribution in [0, 0.1) is 12.8 Å². The Hall–Kier alpha value is -4.12. The Morgan fingerprint density at radius 1 is 1.04 bits per heavy atom. The number of aliphatic imine (C=N–C) groups is 1. The molecule has 4 aromatic rings. The molecule has 1 fully saturated rings. The summed E-state index contributed by atoms with van der Waals surface area (Å²) in [5, 5.41) is 5.27. The lowest BCUT2D eigenvalue weighted by Gasteiger charge is -2.32. The van der Waals surface area contributed by atoms with Crippen molar-refractivity contribution in [1.82, 2.24) is 14.8 Å². The smallest absolute Gasteiger partial charge is 0.406 e. The first-order valence-corrected chi connectivity index (χ1v) is 16.4. The largest absolute Gasteiger partial charge is 0.573 e. The molecule has 2 heterocycles. The second-order valence-electron chi connectivity index (χ2n) is 11.9. The van der Waals surface area contributed by atoms with Crippen LogP contribution in [-0.2, 0) is 11.2 Å². The van der Waals surface area contributed by atoms with E-state index in [0.717, 1.165) is 53.5 Å². The summed E-state index contributed by atoms with van der Waals surface area (Å²) in [6, 6.07) is 19.8. The number of halogens is 3. The van der Waals surface area contributed by atoms with E-state index in [9.17, 15) is 18.0 Å². The number of hydrogen-bond donors (Lipinski definition) is 0. The number of hydrogen-bond acceptors (Lipinski definition) is 5. The van der Waals surface area contributed by atoms with E-state index < -0.39 is 6.36 Å². The van der Waals surface area contributed by atoms with Gasteiger partial charge < -0.3 is 9.64 Å². The average Bonchev–Trinajstić information content (AvgIpc) is 3.50. The van der Waals surface area contributed by atoms with Crippen LogP contribution >= 0.6 is 11.8 Å². The molecule has 0 bridgehead atoms. The number of rotatable bonds is 10. The third-order valence-electron chi connectivity index (χ3n) is 7.85. The van der Waals surface area contributed by atoms with Gasteiger partial charge in [0.2, 0.25) is 5.91 Å². The highest BCUT2D eigenvalue weighted by molar-refractivity contribution is 8.14. The number of anilines is 1. The minimum absolute atomic E-state index is 0.0838. The van der Waals surface area contributed by atoms with Gasteiger partial charge in [0.25, 0.3) is 0 Å². The summed E-state index contributed by atoms with van der Waals surface area (Å²) >= 11 is 1.66. The number of nitrogens with zero attached hydrogens (tertiary/aromatic N) is 5. The lowest BCUT2D eigenvalue weighted by Crippen LogP contribution is -2.35. The number of aryl methyl sites for hydroxylation is 1. The fourth-order valence-corrected chi connectivity index (χ4v) is 6.64. The molecule has 1 unspecified atom stereocenters. The predicted molar refractivity (Wildman–Crippen MR) is 178 cm³/mol. The van der Waals surface area contributed by atoms with Crippen molar-refractivity contribution in [2.45, 2.75) is 65.7 Å². The first kappa shape index (κ1) is 33.2. The molecule has 1 atom stereocenters. The normalized spacial score (nSPS) is 15.4. The molecule has 1 aliphatic rings. The highest BCUT2D eigenvalue weighted by Crippen LogP contribution is 2.34. The van der Waals surface area contributed by atoms with Gasteiger partial charge in [0.05, 0.1) is 5.69 Å². The van der Waals surface area contributed by atoms with E-state index in [1.54, 1.807) is 11.8 Å².